The minimum Gasteiger partial charge on any atom is -0.496 e. The molecule has 1 unspecified atom stereocenters. The van der Waals surface area contributed by atoms with Gasteiger partial charge < -0.3 is 10.1 Å². The van der Waals surface area contributed by atoms with Crippen LogP contribution in [0, 0.1) is 17.0 Å². The van der Waals surface area contributed by atoms with Crippen molar-refractivity contribution in [3.63, 3.8) is 0 Å². The number of nitro benzene ring substituents is 1. The van der Waals surface area contributed by atoms with E-state index in [2.05, 4.69) is 5.32 Å². The molecular formula is C22H29N3O6S. The first-order chi connectivity index (χ1) is 14.8. The zero-order chi connectivity index (χ0) is 24.2. The topological polar surface area (TPSA) is 119 Å². The fourth-order valence-corrected chi connectivity index (χ4v) is 4.32. The number of anilines is 1. The molecule has 1 atom stereocenters. The third kappa shape index (κ3) is 5.97. The number of aryl methyl sites for hydroxylation is 1. The van der Waals surface area contributed by atoms with E-state index in [9.17, 15) is 23.3 Å². The highest BCUT2D eigenvalue weighted by Gasteiger charge is 2.24. The summed E-state index contributed by atoms with van der Waals surface area (Å²) in [4.78, 5) is 23.2. The van der Waals surface area contributed by atoms with Gasteiger partial charge in [-0.25, -0.2) is 8.42 Å². The zero-order valence-corrected chi connectivity index (χ0v) is 19.9. The van der Waals surface area contributed by atoms with Crippen LogP contribution < -0.4 is 14.4 Å². The quantitative estimate of drug-likeness (QED) is 0.448. The molecule has 0 saturated carbocycles. The summed E-state index contributed by atoms with van der Waals surface area (Å²) in [7, 11) is -2.25. The van der Waals surface area contributed by atoms with Gasteiger partial charge >= 0.3 is 0 Å². The maximum atomic E-state index is 12.8. The lowest BCUT2D eigenvalue weighted by Gasteiger charge is -2.24. The minimum absolute atomic E-state index is 0.0484. The fraction of sp³-hybridized carbons (Fsp3) is 0.409. The second-order valence-corrected chi connectivity index (χ2v) is 9.85. The van der Waals surface area contributed by atoms with Crippen molar-refractivity contribution in [2.24, 2.45) is 0 Å². The van der Waals surface area contributed by atoms with E-state index in [0.717, 1.165) is 39.1 Å². The van der Waals surface area contributed by atoms with Gasteiger partial charge in [0.05, 0.1) is 30.0 Å². The van der Waals surface area contributed by atoms with Gasteiger partial charge in [0.15, 0.2) is 0 Å². The van der Waals surface area contributed by atoms with E-state index in [-0.39, 0.29) is 17.3 Å². The molecule has 10 heteroatoms. The van der Waals surface area contributed by atoms with Crippen LogP contribution in [-0.4, -0.2) is 39.2 Å². The van der Waals surface area contributed by atoms with Crippen molar-refractivity contribution in [1.29, 1.82) is 0 Å². The van der Waals surface area contributed by atoms with E-state index < -0.39 is 33.4 Å². The fourth-order valence-electron chi connectivity index (χ4n) is 3.47. The Kier molecular flexibility index (Phi) is 7.84. The van der Waals surface area contributed by atoms with Crippen LogP contribution in [0.15, 0.2) is 36.4 Å². The van der Waals surface area contributed by atoms with E-state index in [0.29, 0.717) is 0 Å². The second-order valence-electron chi connectivity index (χ2n) is 7.94. The van der Waals surface area contributed by atoms with Crippen molar-refractivity contribution < 1.29 is 22.9 Å². The smallest absolute Gasteiger partial charge is 0.271 e. The van der Waals surface area contributed by atoms with Crippen LogP contribution in [0.2, 0.25) is 0 Å². The summed E-state index contributed by atoms with van der Waals surface area (Å²) in [6.07, 6.45) is 0.949. The van der Waals surface area contributed by atoms with E-state index in [4.69, 9.17) is 4.74 Å². The minimum atomic E-state index is -3.86. The Balaban J connectivity index is 2.28. The van der Waals surface area contributed by atoms with Gasteiger partial charge in [0.25, 0.3) is 5.69 Å². The van der Waals surface area contributed by atoms with Gasteiger partial charge in [0.1, 0.15) is 12.3 Å². The normalized spacial score (nSPS) is 12.3. The number of carbonyl (C=O) groups excluding carboxylic acids is 1. The summed E-state index contributed by atoms with van der Waals surface area (Å²) in [5, 5.41) is 13.9. The first kappa shape index (κ1) is 25.1. The lowest BCUT2D eigenvalue weighted by atomic mass is 9.93. The number of benzene rings is 2. The average Bonchev–Trinajstić information content (AvgIpc) is 2.70. The van der Waals surface area contributed by atoms with E-state index >= 15 is 0 Å². The highest BCUT2D eigenvalue weighted by molar-refractivity contribution is 7.92. The van der Waals surface area contributed by atoms with Crippen LogP contribution in [-0.2, 0) is 14.8 Å². The Hall–Kier alpha value is -3.14. The lowest BCUT2D eigenvalue weighted by Crippen LogP contribution is -2.41. The van der Waals surface area contributed by atoms with Crippen LogP contribution in [0.3, 0.4) is 0 Å². The molecule has 0 aliphatic heterocycles. The first-order valence-corrected chi connectivity index (χ1v) is 11.9. The zero-order valence-electron chi connectivity index (χ0n) is 19.1. The second kappa shape index (κ2) is 9.99. The molecule has 0 aromatic heterocycles. The molecule has 0 spiro atoms. The predicted octanol–water partition coefficient (Wildman–Crippen LogP) is 3.68. The summed E-state index contributed by atoms with van der Waals surface area (Å²) in [6.45, 7) is 7.31. The Morgan fingerprint density at radius 2 is 1.84 bits per heavy atom. The SMILES string of the molecule is COc1cc(C)c(C(C)NC(=O)CN(c2cccc([N+](=O)[O-])c2)S(C)(=O)=O)cc1C(C)C. The molecule has 9 nitrogen and oxygen atoms in total. The molecule has 2 aromatic carbocycles. The molecule has 174 valence electrons. The van der Waals surface area contributed by atoms with Crippen molar-refractivity contribution in [2.75, 3.05) is 24.2 Å². The summed E-state index contributed by atoms with van der Waals surface area (Å²) < 4.78 is 30.9. The van der Waals surface area contributed by atoms with Gasteiger partial charge in [-0.3, -0.25) is 19.2 Å². The molecule has 0 bridgehead atoms. The van der Waals surface area contributed by atoms with Crippen LogP contribution in [0.1, 0.15) is 49.4 Å². The number of non-ortho nitro benzene ring substituents is 1. The van der Waals surface area contributed by atoms with E-state index in [1.165, 1.54) is 18.2 Å². The number of nitrogens with one attached hydrogen (secondary N) is 1. The summed E-state index contributed by atoms with van der Waals surface area (Å²) in [6, 6.07) is 8.67. The monoisotopic (exact) mass is 463 g/mol. The van der Waals surface area contributed by atoms with Crippen molar-refractivity contribution >= 4 is 27.3 Å². The highest BCUT2D eigenvalue weighted by Crippen LogP contribution is 2.32. The number of methoxy groups -OCH3 is 1. The number of hydrogen-bond acceptors (Lipinski definition) is 6. The lowest BCUT2D eigenvalue weighted by molar-refractivity contribution is -0.384. The summed E-state index contributed by atoms with van der Waals surface area (Å²) in [5.41, 5.74) is 2.61. The van der Waals surface area contributed by atoms with Crippen molar-refractivity contribution in [1.82, 2.24) is 5.32 Å². The maximum absolute atomic E-state index is 12.8. The molecule has 0 aliphatic rings. The predicted molar refractivity (Wildman–Crippen MR) is 124 cm³/mol. The molecule has 0 fully saturated rings. The number of nitrogens with zero attached hydrogens (tertiary/aromatic N) is 2. The van der Waals surface area contributed by atoms with Crippen LogP contribution in [0.5, 0.6) is 5.75 Å². The van der Waals surface area contributed by atoms with Crippen molar-refractivity contribution in [2.45, 2.75) is 39.7 Å². The van der Waals surface area contributed by atoms with Gasteiger partial charge in [0.2, 0.25) is 15.9 Å². The molecule has 2 rings (SSSR count). The van der Waals surface area contributed by atoms with Crippen molar-refractivity contribution in [3.8, 4) is 5.75 Å². The average molecular weight is 464 g/mol. The van der Waals surface area contributed by atoms with Gasteiger partial charge in [-0.2, -0.15) is 0 Å². The molecule has 0 saturated heterocycles. The largest absolute Gasteiger partial charge is 0.496 e. The van der Waals surface area contributed by atoms with E-state index in [1.54, 1.807) is 7.11 Å². The standard InChI is InChI=1S/C22H29N3O6S/c1-14(2)19-12-20(15(3)10-21(19)31-5)16(4)23-22(26)13-24(32(6,29)30)17-8-7-9-18(11-17)25(27)28/h7-12,14,16H,13H2,1-6H3,(H,23,26). The third-order valence-corrected chi connectivity index (χ3v) is 6.24. The number of ether oxygens (including phenoxy) is 1. The van der Waals surface area contributed by atoms with Gasteiger partial charge in [0, 0.05) is 12.1 Å². The molecule has 2 aromatic rings. The molecule has 32 heavy (non-hydrogen) atoms. The number of sulfonamides is 1. The molecule has 0 aliphatic carbocycles. The Labute approximate surface area is 188 Å². The Bertz CT molecular complexity index is 1110. The number of rotatable bonds is 9. The van der Waals surface area contributed by atoms with Crippen LogP contribution >= 0.6 is 0 Å². The molecule has 0 radical (unpaired) electrons. The molecule has 1 amide bonds. The molecular weight excluding hydrogens is 434 g/mol. The highest BCUT2D eigenvalue weighted by atomic mass is 32.2. The third-order valence-electron chi connectivity index (χ3n) is 5.10. The van der Waals surface area contributed by atoms with Crippen LogP contribution in [0.4, 0.5) is 11.4 Å². The summed E-state index contributed by atoms with van der Waals surface area (Å²) in [5.74, 6) is 0.450. The van der Waals surface area contributed by atoms with Crippen LogP contribution in [0.25, 0.3) is 0 Å². The molecule has 0 heterocycles. The number of hydrogen-bond donors (Lipinski definition) is 1. The number of nitro groups is 1. The Morgan fingerprint density at radius 1 is 1.19 bits per heavy atom. The Morgan fingerprint density at radius 3 is 2.38 bits per heavy atom. The first-order valence-electron chi connectivity index (χ1n) is 10.0. The van der Waals surface area contributed by atoms with Gasteiger partial charge in [-0.1, -0.05) is 19.9 Å². The summed E-state index contributed by atoms with van der Waals surface area (Å²) >= 11 is 0. The maximum Gasteiger partial charge on any atom is 0.271 e. The van der Waals surface area contributed by atoms with Gasteiger partial charge in [-0.05, 0) is 54.7 Å². The van der Waals surface area contributed by atoms with Gasteiger partial charge in [-0.15, -0.1) is 0 Å². The van der Waals surface area contributed by atoms with Crippen molar-refractivity contribution in [3.05, 3.63) is 63.2 Å². The van der Waals surface area contributed by atoms with E-state index in [1.807, 2.05) is 39.8 Å². The number of carbonyl (C=O) groups is 1. The number of amides is 1. The molecule has 1 N–H and O–H groups in total.